The van der Waals surface area contributed by atoms with E-state index in [1.807, 2.05) is 6.92 Å². The molecular formula is C16H19ClN2O4. The van der Waals surface area contributed by atoms with E-state index in [0.717, 1.165) is 11.3 Å². The zero-order chi connectivity index (χ0) is 17.1. The number of rotatable bonds is 6. The van der Waals surface area contributed by atoms with Crippen molar-refractivity contribution in [2.45, 2.75) is 26.4 Å². The van der Waals surface area contributed by atoms with Gasteiger partial charge in [0.1, 0.15) is 17.6 Å². The molecule has 0 fully saturated rings. The molecule has 0 aliphatic heterocycles. The van der Waals surface area contributed by atoms with Gasteiger partial charge in [-0.2, -0.15) is 0 Å². The Hall–Kier alpha value is -2.05. The summed E-state index contributed by atoms with van der Waals surface area (Å²) in [5, 5.41) is 14.1. The van der Waals surface area contributed by atoms with Crippen LogP contribution in [0.5, 0.6) is 5.75 Å². The molecule has 23 heavy (non-hydrogen) atoms. The van der Waals surface area contributed by atoms with E-state index in [0.29, 0.717) is 28.6 Å². The summed E-state index contributed by atoms with van der Waals surface area (Å²) in [6.07, 6.45) is 0. The maximum absolute atomic E-state index is 11.8. The zero-order valence-corrected chi connectivity index (χ0v) is 14.2. The van der Waals surface area contributed by atoms with Crippen LogP contribution in [0.25, 0.3) is 0 Å². The van der Waals surface area contributed by atoms with Crippen molar-refractivity contribution in [2.75, 3.05) is 14.2 Å². The summed E-state index contributed by atoms with van der Waals surface area (Å²) in [4.78, 5) is 13.5. The summed E-state index contributed by atoms with van der Waals surface area (Å²) < 4.78 is 10.4. The van der Waals surface area contributed by atoms with Gasteiger partial charge >= 0.3 is 5.97 Å². The minimum Gasteiger partial charge on any atom is -0.496 e. The summed E-state index contributed by atoms with van der Waals surface area (Å²) in [5.41, 5.74) is 2.12. The van der Waals surface area contributed by atoms with Gasteiger partial charge in [-0.25, -0.2) is 0 Å². The number of aliphatic carboxylic acids is 1. The molecule has 2 rings (SSSR count). The average Bonchev–Trinajstić information content (AvgIpc) is 2.79. The van der Waals surface area contributed by atoms with E-state index in [1.54, 1.807) is 37.1 Å². The van der Waals surface area contributed by atoms with Crippen LogP contribution in [0.15, 0.2) is 22.7 Å². The van der Waals surface area contributed by atoms with Crippen molar-refractivity contribution < 1.29 is 19.2 Å². The molecule has 0 saturated carbocycles. The molecule has 0 aliphatic carbocycles. The predicted molar refractivity (Wildman–Crippen MR) is 85.8 cm³/mol. The lowest BCUT2D eigenvalue weighted by Gasteiger charge is -2.26. The maximum atomic E-state index is 11.8. The van der Waals surface area contributed by atoms with E-state index in [9.17, 15) is 9.90 Å². The van der Waals surface area contributed by atoms with Gasteiger partial charge in [-0.3, -0.25) is 9.69 Å². The number of aromatic nitrogens is 1. The Kier molecular flexibility index (Phi) is 5.28. The number of methoxy groups -OCH3 is 1. The Labute approximate surface area is 139 Å². The lowest BCUT2D eigenvalue weighted by Crippen LogP contribution is -2.31. The third kappa shape index (κ3) is 3.65. The Morgan fingerprint density at radius 2 is 2.17 bits per heavy atom. The van der Waals surface area contributed by atoms with Gasteiger partial charge in [0.05, 0.1) is 12.8 Å². The Morgan fingerprint density at radius 1 is 1.48 bits per heavy atom. The van der Waals surface area contributed by atoms with Gasteiger partial charge in [0.2, 0.25) is 0 Å². The first-order chi connectivity index (χ1) is 10.8. The van der Waals surface area contributed by atoms with Crippen LogP contribution in [-0.4, -0.2) is 35.3 Å². The second-order valence-electron chi connectivity index (χ2n) is 5.34. The molecule has 0 saturated heterocycles. The van der Waals surface area contributed by atoms with E-state index in [4.69, 9.17) is 20.9 Å². The second kappa shape index (κ2) is 7.02. The van der Waals surface area contributed by atoms with Gasteiger partial charge in [-0.1, -0.05) is 16.8 Å². The van der Waals surface area contributed by atoms with Crippen LogP contribution in [0.4, 0.5) is 0 Å². The van der Waals surface area contributed by atoms with Crippen LogP contribution >= 0.6 is 11.6 Å². The zero-order valence-electron chi connectivity index (χ0n) is 13.5. The fourth-order valence-electron chi connectivity index (χ4n) is 2.55. The van der Waals surface area contributed by atoms with Crippen molar-refractivity contribution in [3.63, 3.8) is 0 Å². The van der Waals surface area contributed by atoms with E-state index in [2.05, 4.69) is 5.16 Å². The molecule has 1 unspecified atom stereocenters. The van der Waals surface area contributed by atoms with Crippen molar-refractivity contribution >= 4 is 17.6 Å². The monoisotopic (exact) mass is 338 g/mol. The largest absolute Gasteiger partial charge is 0.496 e. The molecule has 0 amide bonds. The minimum atomic E-state index is -0.986. The first kappa shape index (κ1) is 17.3. The molecule has 1 atom stereocenters. The topological polar surface area (TPSA) is 75.8 Å². The third-order valence-corrected chi connectivity index (χ3v) is 3.98. The van der Waals surface area contributed by atoms with Crippen LogP contribution in [0.2, 0.25) is 5.02 Å². The highest BCUT2D eigenvalue weighted by atomic mass is 35.5. The van der Waals surface area contributed by atoms with E-state index in [-0.39, 0.29) is 0 Å². The number of benzene rings is 1. The van der Waals surface area contributed by atoms with Crippen molar-refractivity contribution in [3.05, 3.63) is 45.8 Å². The molecule has 0 radical (unpaired) electrons. The van der Waals surface area contributed by atoms with Crippen molar-refractivity contribution in [2.24, 2.45) is 0 Å². The number of hydrogen-bond donors (Lipinski definition) is 1. The highest BCUT2D eigenvalue weighted by Gasteiger charge is 2.29. The summed E-state index contributed by atoms with van der Waals surface area (Å²) in [6.45, 7) is 4.02. The molecule has 2 aromatic rings. The summed E-state index contributed by atoms with van der Waals surface area (Å²) in [5.74, 6) is 0.170. The molecule has 0 bridgehead atoms. The maximum Gasteiger partial charge on any atom is 0.325 e. The molecule has 1 aromatic carbocycles. The number of ether oxygens (including phenoxy) is 1. The van der Waals surface area contributed by atoms with Gasteiger partial charge in [0.15, 0.2) is 0 Å². The number of aryl methyl sites for hydroxylation is 2. The van der Waals surface area contributed by atoms with Gasteiger partial charge in [0.25, 0.3) is 0 Å². The van der Waals surface area contributed by atoms with E-state index >= 15 is 0 Å². The number of carbonyl (C=O) groups is 1. The summed E-state index contributed by atoms with van der Waals surface area (Å²) in [6, 6.07) is 4.04. The molecule has 124 valence electrons. The minimum absolute atomic E-state index is 0.383. The molecular weight excluding hydrogens is 320 g/mol. The highest BCUT2D eigenvalue weighted by molar-refractivity contribution is 6.30. The Bertz CT molecular complexity index is 695. The Balaban J connectivity index is 2.39. The van der Waals surface area contributed by atoms with Crippen LogP contribution in [0.1, 0.15) is 28.6 Å². The molecule has 0 aliphatic rings. The normalized spacial score (nSPS) is 12.4. The van der Waals surface area contributed by atoms with Crippen LogP contribution in [0, 0.1) is 13.8 Å². The predicted octanol–water partition coefficient (Wildman–Crippen LogP) is 3.21. The smallest absolute Gasteiger partial charge is 0.325 e. The summed E-state index contributed by atoms with van der Waals surface area (Å²) in [7, 11) is 3.23. The standard InChI is InChI=1S/C16H19ClN2O4/c1-9-13(10(2)23-18-9)8-19(3)15(16(20)21)12-7-11(17)5-6-14(12)22-4/h5-7,15H,8H2,1-4H3,(H,20,21). The number of carboxylic acid groups (broad SMARTS) is 1. The van der Waals surface area contributed by atoms with Gasteiger partial charge in [-0.15, -0.1) is 0 Å². The van der Waals surface area contributed by atoms with Crippen LogP contribution < -0.4 is 4.74 Å². The molecule has 1 N–H and O–H groups in total. The number of halogens is 1. The van der Waals surface area contributed by atoms with Gasteiger partial charge < -0.3 is 14.4 Å². The van der Waals surface area contributed by atoms with Gasteiger partial charge in [-0.05, 0) is 39.1 Å². The van der Waals surface area contributed by atoms with Crippen LogP contribution in [0.3, 0.4) is 0 Å². The SMILES string of the molecule is COc1ccc(Cl)cc1C(C(=O)O)N(C)Cc1c(C)noc1C. The fourth-order valence-corrected chi connectivity index (χ4v) is 2.73. The average molecular weight is 339 g/mol. The molecule has 6 nitrogen and oxygen atoms in total. The van der Waals surface area contributed by atoms with Crippen molar-refractivity contribution in [3.8, 4) is 5.75 Å². The second-order valence-corrected chi connectivity index (χ2v) is 5.78. The van der Waals surface area contributed by atoms with E-state index in [1.165, 1.54) is 7.11 Å². The molecule has 0 spiro atoms. The molecule has 7 heteroatoms. The quantitative estimate of drug-likeness (QED) is 0.871. The first-order valence-electron chi connectivity index (χ1n) is 7.03. The van der Waals surface area contributed by atoms with Crippen molar-refractivity contribution in [1.82, 2.24) is 10.1 Å². The lowest BCUT2D eigenvalue weighted by molar-refractivity contribution is -0.143. The van der Waals surface area contributed by atoms with Crippen molar-refractivity contribution in [1.29, 1.82) is 0 Å². The van der Waals surface area contributed by atoms with Crippen LogP contribution in [-0.2, 0) is 11.3 Å². The molecule has 1 aromatic heterocycles. The third-order valence-electron chi connectivity index (χ3n) is 3.75. The van der Waals surface area contributed by atoms with Gasteiger partial charge in [0, 0.05) is 22.7 Å². The number of likely N-dealkylation sites (N-methyl/N-ethyl adjacent to an activating group) is 1. The first-order valence-corrected chi connectivity index (χ1v) is 7.41. The fraction of sp³-hybridized carbons (Fsp3) is 0.375. The number of carboxylic acids is 1. The highest BCUT2D eigenvalue weighted by Crippen LogP contribution is 2.32. The summed E-state index contributed by atoms with van der Waals surface area (Å²) >= 11 is 6.03. The lowest BCUT2D eigenvalue weighted by atomic mass is 10.0. The number of nitrogens with zero attached hydrogens (tertiary/aromatic N) is 2. The van der Waals surface area contributed by atoms with E-state index < -0.39 is 12.0 Å². The number of hydrogen-bond acceptors (Lipinski definition) is 5. The molecule has 1 heterocycles. The Morgan fingerprint density at radius 3 is 2.70 bits per heavy atom.